The van der Waals surface area contributed by atoms with Gasteiger partial charge in [-0.05, 0) is 53.7 Å². The van der Waals surface area contributed by atoms with Crippen LogP contribution in [0.4, 0.5) is 19.1 Å². The van der Waals surface area contributed by atoms with Gasteiger partial charge in [0, 0.05) is 42.6 Å². The number of hydrogen-bond acceptors (Lipinski definition) is 3. The zero-order chi connectivity index (χ0) is 22.2. The van der Waals surface area contributed by atoms with Crippen molar-refractivity contribution in [3.8, 4) is 0 Å². The second-order valence-corrected chi connectivity index (χ2v) is 7.95. The van der Waals surface area contributed by atoms with Crippen LogP contribution in [-0.4, -0.2) is 28.0 Å². The predicted octanol–water partition coefficient (Wildman–Crippen LogP) is 6.31. The molecule has 1 aliphatic heterocycles. The molecule has 1 fully saturated rings. The molecule has 0 unspecified atom stereocenters. The molecule has 0 atom stereocenters. The van der Waals surface area contributed by atoms with E-state index in [-0.39, 0.29) is 0 Å². The van der Waals surface area contributed by atoms with Crippen molar-refractivity contribution in [3.63, 3.8) is 0 Å². The van der Waals surface area contributed by atoms with Crippen LogP contribution in [0.1, 0.15) is 42.9 Å². The number of hydrogen-bond donors (Lipinski definition) is 1. The van der Waals surface area contributed by atoms with Gasteiger partial charge in [-0.3, -0.25) is 0 Å². The van der Waals surface area contributed by atoms with E-state index in [0.717, 1.165) is 48.3 Å². The molecule has 0 bridgehead atoms. The molecule has 0 aliphatic carbocycles. The number of rotatable bonds is 4. The average molecular weight is 426 g/mol. The molecule has 31 heavy (non-hydrogen) atoms. The summed E-state index contributed by atoms with van der Waals surface area (Å²) in [6.45, 7) is 9.68. The maximum Gasteiger partial charge on any atom is 0.419 e. The van der Waals surface area contributed by atoms with E-state index in [1.54, 1.807) is 0 Å². The fourth-order valence-corrected chi connectivity index (χ4v) is 4.18. The molecule has 4 nitrogen and oxygen atoms in total. The van der Waals surface area contributed by atoms with Crippen molar-refractivity contribution in [2.45, 2.75) is 39.3 Å². The van der Waals surface area contributed by atoms with Gasteiger partial charge in [-0.2, -0.15) is 13.2 Å². The number of piperidine rings is 1. The molecular formula is C24H25F3N4. The van der Waals surface area contributed by atoms with Gasteiger partial charge in [0.15, 0.2) is 0 Å². The van der Waals surface area contributed by atoms with E-state index < -0.39 is 11.7 Å². The smallest absolute Gasteiger partial charge is 0.361 e. The van der Waals surface area contributed by atoms with Crippen LogP contribution in [0.3, 0.4) is 0 Å². The molecule has 4 rings (SSSR count). The standard InChI is InChI=1S/C24H25F3N4/c1-4-5-18(19-7-6-16(3)22-20(19)8-10-28-22)21-14-31(11-9-15(21)2)23-29-12-17(13-30-23)24(25,26)27/h6-8,10,12-13,28H,2,4-5,9,11,14H2,1,3H3/b21-18+. The SMILES string of the molecule is C=C1CCN(c2ncc(C(F)(F)F)cn2)C/C1=C(/CCC)c1ccc(C)c2[nH]ccc12. The van der Waals surface area contributed by atoms with Crippen molar-refractivity contribution in [1.82, 2.24) is 15.0 Å². The monoisotopic (exact) mass is 426 g/mol. The summed E-state index contributed by atoms with van der Waals surface area (Å²) < 4.78 is 38.6. The van der Waals surface area contributed by atoms with E-state index in [9.17, 15) is 13.2 Å². The fourth-order valence-electron chi connectivity index (χ4n) is 4.18. The minimum atomic E-state index is -4.44. The van der Waals surface area contributed by atoms with Crippen LogP contribution in [0.15, 0.2) is 54.5 Å². The Balaban J connectivity index is 1.74. The van der Waals surface area contributed by atoms with Gasteiger partial charge in [-0.1, -0.05) is 32.1 Å². The lowest BCUT2D eigenvalue weighted by molar-refractivity contribution is -0.138. The number of nitrogens with zero attached hydrogens (tertiary/aromatic N) is 3. The molecular weight excluding hydrogens is 401 g/mol. The second-order valence-electron chi connectivity index (χ2n) is 7.95. The van der Waals surface area contributed by atoms with Crippen LogP contribution in [0.25, 0.3) is 16.5 Å². The third-order valence-electron chi connectivity index (χ3n) is 5.83. The van der Waals surface area contributed by atoms with Crippen LogP contribution >= 0.6 is 0 Å². The maximum absolute atomic E-state index is 12.9. The molecule has 162 valence electrons. The number of halogens is 3. The number of fused-ring (bicyclic) bond motifs is 1. The van der Waals surface area contributed by atoms with E-state index >= 15 is 0 Å². The highest BCUT2D eigenvalue weighted by Gasteiger charge is 2.32. The first-order chi connectivity index (χ1) is 14.8. The average Bonchev–Trinajstić information content (AvgIpc) is 3.24. The molecule has 0 radical (unpaired) electrons. The van der Waals surface area contributed by atoms with Crippen molar-refractivity contribution in [2.24, 2.45) is 0 Å². The van der Waals surface area contributed by atoms with E-state index in [1.165, 1.54) is 22.1 Å². The number of aromatic nitrogens is 3. The molecule has 0 saturated carbocycles. The highest BCUT2D eigenvalue weighted by atomic mass is 19.4. The Hall–Kier alpha value is -3.09. The number of anilines is 1. The number of nitrogens with one attached hydrogen (secondary N) is 1. The Morgan fingerprint density at radius 2 is 1.94 bits per heavy atom. The Kier molecular flexibility index (Phi) is 5.60. The number of aromatic amines is 1. The maximum atomic E-state index is 12.9. The van der Waals surface area contributed by atoms with E-state index in [0.29, 0.717) is 19.0 Å². The Labute approximate surface area is 179 Å². The summed E-state index contributed by atoms with van der Waals surface area (Å²) in [7, 11) is 0. The third kappa shape index (κ3) is 4.09. The van der Waals surface area contributed by atoms with Crippen LogP contribution in [0.2, 0.25) is 0 Å². The van der Waals surface area contributed by atoms with Gasteiger partial charge in [0.25, 0.3) is 0 Å². The minimum absolute atomic E-state index is 0.310. The molecule has 1 aliphatic rings. The summed E-state index contributed by atoms with van der Waals surface area (Å²) >= 11 is 0. The first kappa shape index (κ1) is 21.2. The Morgan fingerprint density at radius 3 is 2.61 bits per heavy atom. The molecule has 1 saturated heterocycles. The summed E-state index contributed by atoms with van der Waals surface area (Å²) in [5.41, 5.74) is 6.07. The van der Waals surface area contributed by atoms with Crippen molar-refractivity contribution in [1.29, 1.82) is 0 Å². The van der Waals surface area contributed by atoms with Crippen molar-refractivity contribution in [3.05, 3.63) is 71.2 Å². The molecule has 2 aromatic heterocycles. The largest absolute Gasteiger partial charge is 0.419 e. The molecule has 0 spiro atoms. The highest BCUT2D eigenvalue weighted by molar-refractivity contribution is 5.95. The van der Waals surface area contributed by atoms with Crippen LogP contribution in [0.5, 0.6) is 0 Å². The van der Waals surface area contributed by atoms with Gasteiger partial charge >= 0.3 is 6.18 Å². The summed E-state index contributed by atoms with van der Waals surface area (Å²) in [5.74, 6) is 0.310. The van der Waals surface area contributed by atoms with Crippen molar-refractivity contribution in [2.75, 3.05) is 18.0 Å². The highest BCUT2D eigenvalue weighted by Crippen LogP contribution is 2.37. The minimum Gasteiger partial charge on any atom is -0.361 e. The van der Waals surface area contributed by atoms with Gasteiger partial charge in [0.2, 0.25) is 5.95 Å². The second kappa shape index (κ2) is 8.21. The zero-order valence-corrected chi connectivity index (χ0v) is 17.7. The fraction of sp³-hybridized carbons (Fsp3) is 0.333. The first-order valence-electron chi connectivity index (χ1n) is 10.4. The number of benzene rings is 1. The quantitative estimate of drug-likeness (QED) is 0.532. The Morgan fingerprint density at radius 1 is 1.19 bits per heavy atom. The lowest BCUT2D eigenvalue weighted by Crippen LogP contribution is -2.34. The molecule has 0 amide bonds. The zero-order valence-electron chi connectivity index (χ0n) is 17.7. The number of aryl methyl sites for hydroxylation is 1. The number of alkyl halides is 3. The summed E-state index contributed by atoms with van der Waals surface area (Å²) in [5, 5.41) is 1.17. The molecule has 3 heterocycles. The normalized spacial score (nSPS) is 16.8. The molecule has 7 heteroatoms. The number of H-pyrrole nitrogens is 1. The predicted molar refractivity (Wildman–Crippen MR) is 118 cm³/mol. The van der Waals surface area contributed by atoms with Crippen LogP contribution < -0.4 is 4.90 Å². The first-order valence-corrected chi connectivity index (χ1v) is 10.4. The van der Waals surface area contributed by atoms with Gasteiger partial charge in [0.05, 0.1) is 5.56 Å². The topological polar surface area (TPSA) is 44.8 Å². The van der Waals surface area contributed by atoms with E-state index in [4.69, 9.17) is 0 Å². The lowest BCUT2D eigenvalue weighted by Gasteiger charge is -2.32. The summed E-state index contributed by atoms with van der Waals surface area (Å²) in [6.07, 6.45) is 1.79. The van der Waals surface area contributed by atoms with E-state index in [2.05, 4.69) is 53.6 Å². The molecule has 3 aromatic rings. The van der Waals surface area contributed by atoms with Crippen LogP contribution in [0, 0.1) is 6.92 Å². The molecule has 1 N–H and O–H groups in total. The van der Waals surface area contributed by atoms with E-state index in [1.807, 2.05) is 11.1 Å². The number of allylic oxidation sites excluding steroid dienone is 1. The van der Waals surface area contributed by atoms with Gasteiger partial charge in [0.1, 0.15) is 0 Å². The van der Waals surface area contributed by atoms with Gasteiger partial charge in [-0.25, -0.2) is 9.97 Å². The van der Waals surface area contributed by atoms with Crippen molar-refractivity contribution < 1.29 is 13.2 Å². The molecule has 1 aromatic carbocycles. The van der Waals surface area contributed by atoms with Gasteiger partial charge in [-0.15, -0.1) is 0 Å². The summed E-state index contributed by atoms with van der Waals surface area (Å²) in [4.78, 5) is 13.3. The Bertz CT molecular complexity index is 1140. The van der Waals surface area contributed by atoms with Crippen molar-refractivity contribution >= 4 is 22.4 Å². The van der Waals surface area contributed by atoms with Crippen LogP contribution in [-0.2, 0) is 6.18 Å². The third-order valence-corrected chi connectivity index (χ3v) is 5.83. The lowest BCUT2D eigenvalue weighted by atomic mass is 9.87. The summed E-state index contributed by atoms with van der Waals surface area (Å²) in [6, 6.07) is 6.37. The van der Waals surface area contributed by atoms with Gasteiger partial charge < -0.3 is 9.88 Å².